The van der Waals surface area contributed by atoms with Crippen LogP contribution in [0.1, 0.15) is 42.6 Å². The molecule has 0 bridgehead atoms. The zero-order valence-corrected chi connectivity index (χ0v) is 17.6. The monoisotopic (exact) mass is 420 g/mol. The van der Waals surface area contributed by atoms with Crippen LogP contribution in [0.4, 0.5) is 4.39 Å². The van der Waals surface area contributed by atoms with E-state index in [0.29, 0.717) is 17.8 Å². The molecule has 2 fully saturated rings. The molecule has 31 heavy (non-hydrogen) atoms. The number of rotatable bonds is 4. The average Bonchev–Trinajstić information content (AvgIpc) is 3.41. The molecule has 1 atom stereocenters. The summed E-state index contributed by atoms with van der Waals surface area (Å²) in [4.78, 5) is 18.7. The molecular formula is C25H29FN4O. The van der Waals surface area contributed by atoms with Crippen LogP contribution in [0.3, 0.4) is 0 Å². The van der Waals surface area contributed by atoms with Gasteiger partial charge in [0.15, 0.2) is 0 Å². The normalized spacial score (nSPS) is 24.5. The van der Waals surface area contributed by atoms with Crippen LogP contribution >= 0.6 is 0 Å². The number of carbonyl (C=O) groups excluding carboxylic acids is 1. The Morgan fingerprint density at radius 1 is 1.00 bits per heavy atom. The molecule has 1 aliphatic carbocycles. The first-order valence-corrected chi connectivity index (χ1v) is 11.2. The summed E-state index contributed by atoms with van der Waals surface area (Å²) < 4.78 is 13.2. The molecule has 1 aliphatic heterocycles. The molecule has 1 aromatic heterocycles. The first kappa shape index (κ1) is 20.2. The van der Waals surface area contributed by atoms with E-state index in [1.807, 2.05) is 24.3 Å². The lowest BCUT2D eigenvalue weighted by Crippen LogP contribution is -2.42. The van der Waals surface area contributed by atoms with Gasteiger partial charge in [0.05, 0.1) is 0 Å². The van der Waals surface area contributed by atoms with Crippen LogP contribution in [-0.4, -0.2) is 47.0 Å². The second-order valence-corrected chi connectivity index (χ2v) is 9.01. The van der Waals surface area contributed by atoms with Crippen LogP contribution in [0.2, 0.25) is 0 Å². The summed E-state index contributed by atoms with van der Waals surface area (Å²) in [5, 5.41) is 4.20. The molecule has 1 saturated carbocycles. The predicted octanol–water partition coefficient (Wildman–Crippen LogP) is 4.05. The summed E-state index contributed by atoms with van der Waals surface area (Å²) in [5.74, 6) is -0.307. The molecule has 5 rings (SSSR count). The van der Waals surface area contributed by atoms with Gasteiger partial charge in [0.25, 0.3) is 5.91 Å². The lowest BCUT2D eigenvalue weighted by Gasteiger charge is -2.33. The van der Waals surface area contributed by atoms with Gasteiger partial charge in [-0.15, -0.1) is 0 Å². The van der Waals surface area contributed by atoms with Crippen molar-refractivity contribution in [2.75, 3.05) is 13.1 Å². The third kappa shape index (κ3) is 4.36. The van der Waals surface area contributed by atoms with Gasteiger partial charge >= 0.3 is 0 Å². The molecule has 4 N–H and O–H groups in total. The largest absolute Gasteiger partial charge is 0.351 e. The number of aromatic nitrogens is 1. The number of nitrogens with two attached hydrogens (primary N) is 1. The molecule has 0 radical (unpaired) electrons. The van der Waals surface area contributed by atoms with Crippen molar-refractivity contribution in [1.82, 2.24) is 15.2 Å². The van der Waals surface area contributed by atoms with Gasteiger partial charge in [-0.2, -0.15) is 0 Å². The number of likely N-dealkylation sites (tertiary alicyclic amines) is 1. The highest BCUT2D eigenvalue weighted by Gasteiger charge is 2.31. The van der Waals surface area contributed by atoms with E-state index < -0.39 is 0 Å². The van der Waals surface area contributed by atoms with E-state index in [9.17, 15) is 9.18 Å². The smallest absolute Gasteiger partial charge is 0.267 e. The van der Waals surface area contributed by atoms with Gasteiger partial charge < -0.3 is 16.0 Å². The van der Waals surface area contributed by atoms with E-state index in [1.165, 1.54) is 25.0 Å². The lowest BCUT2D eigenvalue weighted by atomic mass is 9.91. The summed E-state index contributed by atoms with van der Waals surface area (Å²) in [7, 11) is 0. The van der Waals surface area contributed by atoms with Crippen molar-refractivity contribution in [3.63, 3.8) is 0 Å². The second kappa shape index (κ2) is 8.44. The maximum atomic E-state index is 13.2. The number of carbonyl (C=O) groups is 1. The molecular weight excluding hydrogens is 391 g/mol. The Hall–Kier alpha value is -2.70. The first-order chi connectivity index (χ1) is 15.0. The van der Waals surface area contributed by atoms with E-state index >= 15 is 0 Å². The number of amides is 1. The summed E-state index contributed by atoms with van der Waals surface area (Å²) >= 11 is 0. The van der Waals surface area contributed by atoms with Crippen molar-refractivity contribution in [3.05, 3.63) is 60.0 Å². The average molecular weight is 421 g/mol. The third-order valence-electron chi connectivity index (χ3n) is 6.86. The molecule has 3 aromatic rings. The van der Waals surface area contributed by atoms with Crippen molar-refractivity contribution >= 4 is 16.8 Å². The number of halogens is 1. The van der Waals surface area contributed by atoms with E-state index in [4.69, 9.17) is 5.73 Å². The van der Waals surface area contributed by atoms with Crippen molar-refractivity contribution in [2.24, 2.45) is 5.73 Å². The van der Waals surface area contributed by atoms with Gasteiger partial charge in [-0.05, 0) is 67.5 Å². The zero-order chi connectivity index (χ0) is 21.4. The number of nitrogens with one attached hydrogen (secondary N) is 2. The third-order valence-corrected chi connectivity index (χ3v) is 6.86. The van der Waals surface area contributed by atoms with Crippen molar-refractivity contribution in [3.8, 4) is 11.1 Å². The van der Waals surface area contributed by atoms with Crippen LogP contribution in [0.25, 0.3) is 22.0 Å². The lowest BCUT2D eigenvalue weighted by molar-refractivity contribution is 0.0930. The minimum Gasteiger partial charge on any atom is -0.351 e. The predicted molar refractivity (Wildman–Crippen MR) is 121 cm³/mol. The fourth-order valence-electron chi connectivity index (χ4n) is 5.04. The number of H-pyrrole nitrogens is 1. The van der Waals surface area contributed by atoms with Crippen LogP contribution in [0, 0.1) is 5.82 Å². The molecule has 1 amide bonds. The quantitative estimate of drug-likeness (QED) is 0.596. The topological polar surface area (TPSA) is 74.2 Å². The number of fused-ring (bicyclic) bond motifs is 1. The number of aromatic amines is 1. The second-order valence-electron chi connectivity index (χ2n) is 9.01. The van der Waals surface area contributed by atoms with Gasteiger partial charge in [0, 0.05) is 42.1 Å². The molecule has 5 nitrogen and oxygen atoms in total. The Labute approximate surface area is 181 Å². The zero-order valence-electron chi connectivity index (χ0n) is 17.6. The Bertz CT molecular complexity index is 1070. The van der Waals surface area contributed by atoms with E-state index in [0.717, 1.165) is 54.4 Å². The molecule has 1 saturated heterocycles. The maximum Gasteiger partial charge on any atom is 0.267 e. The summed E-state index contributed by atoms with van der Waals surface area (Å²) in [5.41, 5.74) is 9.45. The minimum atomic E-state index is -0.249. The highest BCUT2D eigenvalue weighted by molar-refractivity contribution is 5.99. The summed E-state index contributed by atoms with van der Waals surface area (Å²) in [6.45, 7) is 1.96. The highest BCUT2D eigenvalue weighted by Crippen LogP contribution is 2.27. The van der Waals surface area contributed by atoms with Gasteiger partial charge in [0.1, 0.15) is 11.5 Å². The van der Waals surface area contributed by atoms with Gasteiger partial charge in [0.2, 0.25) is 0 Å². The molecule has 0 unspecified atom stereocenters. The molecule has 0 spiro atoms. The van der Waals surface area contributed by atoms with Crippen LogP contribution < -0.4 is 11.1 Å². The molecule has 6 heteroatoms. The summed E-state index contributed by atoms with van der Waals surface area (Å²) in [6.07, 6.45) is 5.53. The first-order valence-electron chi connectivity index (χ1n) is 11.2. The van der Waals surface area contributed by atoms with E-state index in [-0.39, 0.29) is 17.8 Å². The Balaban J connectivity index is 1.24. The minimum absolute atomic E-state index is 0.0583. The van der Waals surface area contributed by atoms with Crippen molar-refractivity contribution < 1.29 is 9.18 Å². The Morgan fingerprint density at radius 2 is 1.74 bits per heavy atom. The van der Waals surface area contributed by atoms with Crippen LogP contribution in [-0.2, 0) is 0 Å². The number of nitrogens with zero attached hydrogens (tertiary/aromatic N) is 1. The standard InChI is InChI=1S/C25H29FN4O/c26-19-5-3-16(4-6-19)17-1-2-18-14-24(29-23(18)13-17)25(31)28-21-11-12-30(15-21)22-9-7-20(27)8-10-22/h1-6,13-14,20-22,29H,7-12,15,27H2,(H,28,31)/t20?,21-,22?/m0/s1. The molecule has 162 valence electrons. The molecule has 2 aliphatic rings. The summed E-state index contributed by atoms with van der Waals surface area (Å²) in [6, 6.07) is 15.5. The SMILES string of the molecule is NC1CCC(N2CC[C@H](NC(=O)c3cc4ccc(-c5ccc(F)cc5)cc4[nH]3)C2)CC1. The van der Waals surface area contributed by atoms with E-state index in [1.54, 1.807) is 12.1 Å². The maximum absolute atomic E-state index is 13.2. The number of hydrogen-bond acceptors (Lipinski definition) is 3. The van der Waals surface area contributed by atoms with Crippen molar-refractivity contribution in [1.29, 1.82) is 0 Å². The van der Waals surface area contributed by atoms with Crippen LogP contribution in [0.15, 0.2) is 48.5 Å². The van der Waals surface area contributed by atoms with Crippen molar-refractivity contribution in [2.45, 2.75) is 50.2 Å². The van der Waals surface area contributed by atoms with Crippen LogP contribution in [0.5, 0.6) is 0 Å². The number of benzene rings is 2. The number of hydrogen-bond donors (Lipinski definition) is 3. The van der Waals surface area contributed by atoms with E-state index in [2.05, 4.69) is 15.2 Å². The Morgan fingerprint density at radius 3 is 2.52 bits per heavy atom. The fraction of sp³-hybridized carbons (Fsp3) is 0.400. The molecule has 2 aromatic carbocycles. The highest BCUT2D eigenvalue weighted by atomic mass is 19.1. The fourth-order valence-corrected chi connectivity index (χ4v) is 5.04. The Kier molecular flexibility index (Phi) is 5.50. The molecule has 2 heterocycles. The van der Waals surface area contributed by atoms with Gasteiger partial charge in [-0.3, -0.25) is 9.69 Å². The van der Waals surface area contributed by atoms with Gasteiger partial charge in [-0.1, -0.05) is 24.3 Å². The van der Waals surface area contributed by atoms with Gasteiger partial charge in [-0.25, -0.2) is 4.39 Å².